The minimum atomic E-state index is -1.01. The first-order chi connectivity index (χ1) is 9.69. The van der Waals surface area contributed by atoms with Gasteiger partial charge in [0.25, 0.3) is 0 Å². The molecular formula is C14H23N3O3. The number of carboxylic acid groups (broad SMARTS) is 1. The van der Waals surface area contributed by atoms with Crippen molar-refractivity contribution in [2.45, 2.75) is 51.5 Å². The maximum atomic E-state index is 11.3. The highest BCUT2D eigenvalue weighted by Crippen LogP contribution is 2.36. The average Bonchev–Trinajstić information content (AvgIpc) is 2.88. The summed E-state index contributed by atoms with van der Waals surface area (Å²) in [7, 11) is 1.62. The summed E-state index contributed by atoms with van der Waals surface area (Å²) in [6.45, 7) is 2.67. The summed E-state index contributed by atoms with van der Waals surface area (Å²) in [5.74, 6) is -0.445. The van der Waals surface area contributed by atoms with E-state index in [1.807, 2.05) is 4.68 Å². The van der Waals surface area contributed by atoms with Crippen LogP contribution in [0.4, 0.5) is 0 Å². The molecule has 1 N–H and O–H groups in total. The third-order valence-corrected chi connectivity index (χ3v) is 4.24. The largest absolute Gasteiger partial charge is 0.476 e. The quantitative estimate of drug-likeness (QED) is 0.865. The Bertz CT molecular complexity index is 459. The van der Waals surface area contributed by atoms with E-state index in [2.05, 4.69) is 17.2 Å². The number of methoxy groups -OCH3 is 1. The van der Waals surface area contributed by atoms with Crippen molar-refractivity contribution in [2.24, 2.45) is 5.92 Å². The third-order valence-electron chi connectivity index (χ3n) is 4.24. The summed E-state index contributed by atoms with van der Waals surface area (Å²) in [4.78, 5) is 11.3. The van der Waals surface area contributed by atoms with Crippen molar-refractivity contribution in [1.82, 2.24) is 15.0 Å². The van der Waals surface area contributed by atoms with Gasteiger partial charge in [0, 0.05) is 13.5 Å². The normalized spacial score (nSPS) is 22.9. The Balaban J connectivity index is 2.31. The zero-order valence-corrected chi connectivity index (χ0v) is 12.2. The van der Waals surface area contributed by atoms with Crippen LogP contribution in [-0.4, -0.2) is 39.8 Å². The smallest absolute Gasteiger partial charge is 0.358 e. The number of ether oxygens (including phenoxy) is 1. The average molecular weight is 281 g/mol. The Hall–Kier alpha value is -1.43. The van der Waals surface area contributed by atoms with Crippen LogP contribution in [0, 0.1) is 5.92 Å². The monoisotopic (exact) mass is 281 g/mol. The predicted molar refractivity (Wildman–Crippen MR) is 73.8 cm³/mol. The van der Waals surface area contributed by atoms with Crippen molar-refractivity contribution in [3.05, 3.63) is 11.4 Å². The standard InChI is InChI=1S/C14H23N3O3/c1-3-10-6-4-5-7-11(10)17-12(8-9-20-2)13(14(18)19)15-16-17/h10-11H,3-9H2,1-2H3,(H,18,19). The van der Waals surface area contributed by atoms with Gasteiger partial charge in [-0.3, -0.25) is 0 Å². The minimum absolute atomic E-state index is 0.0717. The molecule has 1 fully saturated rings. The van der Waals surface area contributed by atoms with E-state index in [4.69, 9.17) is 4.74 Å². The summed E-state index contributed by atoms with van der Waals surface area (Å²) in [5, 5.41) is 17.3. The molecule has 20 heavy (non-hydrogen) atoms. The number of hydrogen-bond acceptors (Lipinski definition) is 4. The van der Waals surface area contributed by atoms with Crippen molar-refractivity contribution < 1.29 is 14.6 Å². The molecule has 0 aromatic carbocycles. The van der Waals surface area contributed by atoms with E-state index >= 15 is 0 Å². The van der Waals surface area contributed by atoms with Gasteiger partial charge in [0.2, 0.25) is 0 Å². The lowest BCUT2D eigenvalue weighted by Gasteiger charge is -2.31. The topological polar surface area (TPSA) is 77.2 Å². The maximum absolute atomic E-state index is 11.3. The first-order valence-electron chi connectivity index (χ1n) is 7.35. The van der Waals surface area contributed by atoms with Gasteiger partial charge in [-0.15, -0.1) is 5.10 Å². The Morgan fingerprint density at radius 1 is 1.45 bits per heavy atom. The number of aromatic carboxylic acids is 1. The molecule has 112 valence electrons. The zero-order valence-electron chi connectivity index (χ0n) is 12.2. The molecule has 1 aliphatic carbocycles. The highest BCUT2D eigenvalue weighted by molar-refractivity contribution is 5.86. The lowest BCUT2D eigenvalue weighted by molar-refractivity contribution is 0.0688. The van der Waals surface area contributed by atoms with Crippen LogP contribution in [0.2, 0.25) is 0 Å². The number of aromatic nitrogens is 3. The Kier molecular flexibility index (Phi) is 5.11. The number of carboxylic acids is 1. The minimum Gasteiger partial charge on any atom is -0.476 e. The van der Waals surface area contributed by atoms with Gasteiger partial charge in [0.05, 0.1) is 18.3 Å². The van der Waals surface area contributed by atoms with Crippen LogP contribution in [0.25, 0.3) is 0 Å². The van der Waals surface area contributed by atoms with Crippen LogP contribution in [-0.2, 0) is 11.2 Å². The predicted octanol–water partition coefficient (Wildman–Crippen LogP) is 2.31. The molecule has 1 aliphatic rings. The second-order valence-corrected chi connectivity index (χ2v) is 5.40. The second kappa shape index (κ2) is 6.83. The lowest BCUT2D eigenvalue weighted by atomic mass is 9.83. The first kappa shape index (κ1) is 15.0. The van der Waals surface area contributed by atoms with Crippen molar-refractivity contribution in [3.8, 4) is 0 Å². The molecule has 0 aliphatic heterocycles. The van der Waals surface area contributed by atoms with E-state index in [0.29, 0.717) is 24.6 Å². The van der Waals surface area contributed by atoms with Gasteiger partial charge in [-0.25, -0.2) is 9.48 Å². The molecule has 0 saturated heterocycles. The van der Waals surface area contributed by atoms with Gasteiger partial charge in [-0.2, -0.15) is 0 Å². The van der Waals surface area contributed by atoms with Crippen molar-refractivity contribution in [1.29, 1.82) is 0 Å². The SMILES string of the molecule is CCC1CCCCC1n1nnc(C(=O)O)c1CCOC. The highest BCUT2D eigenvalue weighted by Gasteiger charge is 2.30. The van der Waals surface area contributed by atoms with E-state index in [1.165, 1.54) is 19.3 Å². The molecule has 1 aromatic rings. The van der Waals surface area contributed by atoms with Gasteiger partial charge in [0.15, 0.2) is 5.69 Å². The molecule has 6 nitrogen and oxygen atoms in total. The second-order valence-electron chi connectivity index (χ2n) is 5.40. The molecular weight excluding hydrogens is 258 g/mol. The fourth-order valence-electron chi connectivity index (χ4n) is 3.16. The van der Waals surface area contributed by atoms with E-state index in [-0.39, 0.29) is 11.7 Å². The van der Waals surface area contributed by atoms with E-state index in [9.17, 15) is 9.90 Å². The summed E-state index contributed by atoms with van der Waals surface area (Å²) in [5.41, 5.74) is 0.771. The summed E-state index contributed by atoms with van der Waals surface area (Å²) in [6, 6.07) is 0.279. The fraction of sp³-hybridized carbons (Fsp3) is 0.786. The molecule has 2 rings (SSSR count). The molecule has 1 aromatic heterocycles. The van der Waals surface area contributed by atoms with Gasteiger partial charge < -0.3 is 9.84 Å². The summed E-state index contributed by atoms with van der Waals surface area (Å²) >= 11 is 0. The van der Waals surface area contributed by atoms with Gasteiger partial charge in [-0.1, -0.05) is 31.4 Å². The van der Waals surface area contributed by atoms with E-state index < -0.39 is 5.97 Å². The number of rotatable bonds is 6. The van der Waals surface area contributed by atoms with Crippen molar-refractivity contribution in [2.75, 3.05) is 13.7 Å². The van der Waals surface area contributed by atoms with Gasteiger partial charge in [-0.05, 0) is 18.8 Å². The molecule has 0 spiro atoms. The van der Waals surface area contributed by atoms with Crippen molar-refractivity contribution in [3.63, 3.8) is 0 Å². The molecule has 2 atom stereocenters. The zero-order chi connectivity index (χ0) is 14.5. The molecule has 1 heterocycles. The number of carbonyl (C=O) groups is 1. The molecule has 0 radical (unpaired) electrons. The Morgan fingerprint density at radius 3 is 2.85 bits per heavy atom. The van der Waals surface area contributed by atoms with E-state index in [0.717, 1.165) is 12.8 Å². The molecule has 0 amide bonds. The Morgan fingerprint density at radius 2 is 2.20 bits per heavy atom. The van der Waals surface area contributed by atoms with Crippen molar-refractivity contribution >= 4 is 5.97 Å². The first-order valence-corrected chi connectivity index (χ1v) is 7.35. The highest BCUT2D eigenvalue weighted by atomic mass is 16.5. The molecule has 2 unspecified atom stereocenters. The third kappa shape index (κ3) is 3.00. The molecule has 0 bridgehead atoms. The van der Waals surface area contributed by atoms with Crippen LogP contribution < -0.4 is 0 Å². The summed E-state index contributed by atoms with van der Waals surface area (Å²) in [6.07, 6.45) is 6.30. The lowest BCUT2D eigenvalue weighted by Crippen LogP contribution is -2.26. The molecule has 1 saturated carbocycles. The molecule has 6 heteroatoms. The van der Waals surface area contributed by atoms with Gasteiger partial charge in [0.1, 0.15) is 0 Å². The number of hydrogen-bond donors (Lipinski definition) is 1. The maximum Gasteiger partial charge on any atom is 0.358 e. The van der Waals surface area contributed by atoms with Crippen LogP contribution in [0.5, 0.6) is 0 Å². The van der Waals surface area contributed by atoms with E-state index in [1.54, 1.807) is 7.11 Å². The Labute approximate surface area is 119 Å². The van der Waals surface area contributed by atoms with Crippen LogP contribution in [0.1, 0.15) is 61.3 Å². The van der Waals surface area contributed by atoms with Crippen LogP contribution in [0.15, 0.2) is 0 Å². The summed E-state index contributed by atoms with van der Waals surface area (Å²) < 4.78 is 6.94. The van der Waals surface area contributed by atoms with Crippen LogP contribution in [0.3, 0.4) is 0 Å². The van der Waals surface area contributed by atoms with Crippen LogP contribution >= 0.6 is 0 Å². The van der Waals surface area contributed by atoms with Gasteiger partial charge >= 0.3 is 5.97 Å². The fourth-order valence-corrected chi connectivity index (χ4v) is 3.16. The number of nitrogens with zero attached hydrogens (tertiary/aromatic N) is 3.